The molecule has 4 atom stereocenters. The van der Waals surface area contributed by atoms with Crippen LogP contribution < -0.4 is 0 Å². The topological polar surface area (TPSA) is 101 Å². The van der Waals surface area contributed by atoms with E-state index in [1.807, 2.05) is 25.1 Å². The molecule has 0 radical (unpaired) electrons. The molecule has 1 aliphatic carbocycles. The molecule has 0 N–H and O–H groups in total. The number of carbonyl (C=O) groups is 2. The molecule has 0 saturated heterocycles. The van der Waals surface area contributed by atoms with Gasteiger partial charge in [0.15, 0.2) is 6.10 Å². The van der Waals surface area contributed by atoms with Crippen LogP contribution in [-0.2, 0) is 9.47 Å². The molecule has 0 fully saturated rings. The Morgan fingerprint density at radius 1 is 0.931 bits per heavy atom. The molecule has 1 aliphatic rings. The number of hydrogen-bond donors (Lipinski definition) is 0. The van der Waals surface area contributed by atoms with Gasteiger partial charge in [-0.05, 0) is 41.8 Å². The van der Waals surface area contributed by atoms with Gasteiger partial charge in [0, 0.05) is 17.4 Å². The van der Waals surface area contributed by atoms with Crippen molar-refractivity contribution >= 4 is 11.9 Å². The normalized spacial score (nSPS) is 22.9. The van der Waals surface area contributed by atoms with Gasteiger partial charge in [-0.1, -0.05) is 54.5 Å². The van der Waals surface area contributed by atoms with E-state index < -0.39 is 24.1 Å². The van der Waals surface area contributed by atoms with E-state index in [2.05, 4.69) is 10.0 Å². The summed E-state index contributed by atoms with van der Waals surface area (Å²) in [6, 6.07) is 17.3. The molecule has 7 heteroatoms. The highest BCUT2D eigenvalue weighted by Gasteiger charge is 2.38. The van der Waals surface area contributed by atoms with E-state index in [1.54, 1.807) is 54.6 Å². The first-order valence-electron chi connectivity index (χ1n) is 9.31. The lowest BCUT2D eigenvalue weighted by Gasteiger charge is -2.36. The van der Waals surface area contributed by atoms with Crippen molar-refractivity contribution in [1.29, 1.82) is 0 Å². The van der Waals surface area contributed by atoms with Crippen molar-refractivity contribution in [3.05, 3.63) is 94.4 Å². The molecule has 0 saturated carbocycles. The van der Waals surface area contributed by atoms with E-state index in [1.165, 1.54) is 0 Å². The zero-order valence-corrected chi connectivity index (χ0v) is 15.9. The quantitative estimate of drug-likeness (QED) is 0.237. The van der Waals surface area contributed by atoms with Gasteiger partial charge in [0.2, 0.25) is 0 Å². The van der Waals surface area contributed by atoms with Gasteiger partial charge < -0.3 is 9.47 Å². The maximum atomic E-state index is 12.6. The van der Waals surface area contributed by atoms with Gasteiger partial charge in [-0.2, -0.15) is 0 Å². The molecular formula is C22H21N3O4. The highest BCUT2D eigenvalue weighted by atomic mass is 16.6. The van der Waals surface area contributed by atoms with Crippen molar-refractivity contribution in [2.45, 2.75) is 19.1 Å². The average molecular weight is 391 g/mol. The first-order chi connectivity index (χ1) is 14.1. The first-order valence-corrected chi connectivity index (χ1v) is 9.31. The average Bonchev–Trinajstić information content (AvgIpc) is 2.76. The zero-order chi connectivity index (χ0) is 20.6. The van der Waals surface area contributed by atoms with Crippen LogP contribution in [0.1, 0.15) is 27.6 Å². The lowest BCUT2D eigenvalue weighted by atomic mass is 9.81. The number of azide groups is 1. The molecule has 0 aromatic heterocycles. The molecule has 2 aromatic carbocycles. The van der Waals surface area contributed by atoms with Gasteiger partial charge in [-0.25, -0.2) is 9.59 Å². The second kappa shape index (κ2) is 9.57. The molecule has 0 aliphatic heterocycles. The van der Waals surface area contributed by atoms with Crippen molar-refractivity contribution < 1.29 is 19.1 Å². The minimum Gasteiger partial charge on any atom is -0.454 e. The van der Waals surface area contributed by atoms with Crippen molar-refractivity contribution in [3.8, 4) is 0 Å². The van der Waals surface area contributed by atoms with Crippen LogP contribution in [0, 0.1) is 11.8 Å². The standard InChI is InChI=1S/C22H21N3O4/c1-15-18(14-24-25-23)12-13-19(28-21(26)16-8-4-2-5-9-16)20(15)29-22(27)17-10-6-3-7-11-17/h2-13,15,18-20H,14H2,1H3/t15-,18-,19+,20+/m1/s1. The van der Waals surface area contributed by atoms with E-state index in [-0.39, 0.29) is 18.4 Å². The number of benzene rings is 2. The second-order valence-electron chi connectivity index (χ2n) is 6.79. The number of nitrogens with zero attached hydrogens (tertiary/aromatic N) is 3. The molecule has 0 unspecified atom stereocenters. The lowest BCUT2D eigenvalue weighted by Crippen LogP contribution is -2.44. The number of ether oxygens (including phenoxy) is 2. The Morgan fingerprint density at radius 3 is 2.03 bits per heavy atom. The molecule has 0 amide bonds. The SMILES string of the molecule is C[C@H]1[C@H](OC(=O)c2ccccc2)[C@@H](OC(=O)c2ccccc2)C=C[C@@H]1CN=[N+]=[N-]. The number of hydrogen-bond acceptors (Lipinski definition) is 5. The van der Waals surface area contributed by atoms with E-state index in [0.717, 1.165) is 0 Å². The van der Waals surface area contributed by atoms with E-state index >= 15 is 0 Å². The fraction of sp³-hybridized carbons (Fsp3) is 0.273. The lowest BCUT2D eigenvalue weighted by molar-refractivity contribution is -0.0488. The summed E-state index contributed by atoms with van der Waals surface area (Å²) in [4.78, 5) is 27.9. The van der Waals surface area contributed by atoms with E-state index in [4.69, 9.17) is 15.0 Å². The highest BCUT2D eigenvalue weighted by molar-refractivity contribution is 5.90. The Morgan fingerprint density at radius 2 is 1.48 bits per heavy atom. The van der Waals surface area contributed by atoms with Crippen LogP contribution in [0.4, 0.5) is 0 Å². The minimum atomic E-state index is -0.743. The molecule has 2 aromatic rings. The van der Waals surface area contributed by atoms with Crippen molar-refractivity contribution in [2.75, 3.05) is 6.54 Å². The Bertz CT molecular complexity index is 924. The predicted molar refractivity (Wildman–Crippen MR) is 107 cm³/mol. The summed E-state index contributed by atoms with van der Waals surface area (Å²) in [5.74, 6) is -1.35. The highest BCUT2D eigenvalue weighted by Crippen LogP contribution is 2.30. The number of rotatable bonds is 6. The summed E-state index contributed by atoms with van der Waals surface area (Å²) in [5, 5.41) is 3.63. The second-order valence-corrected chi connectivity index (χ2v) is 6.79. The van der Waals surface area contributed by atoms with Crippen LogP contribution in [0.5, 0.6) is 0 Å². The molecule has 0 spiro atoms. The fourth-order valence-corrected chi connectivity index (χ4v) is 3.25. The smallest absolute Gasteiger partial charge is 0.338 e. The Labute approximate surface area is 168 Å². The Kier molecular flexibility index (Phi) is 6.66. The monoisotopic (exact) mass is 391 g/mol. The fourth-order valence-electron chi connectivity index (χ4n) is 3.25. The molecule has 0 bridgehead atoms. The zero-order valence-electron chi connectivity index (χ0n) is 15.9. The van der Waals surface area contributed by atoms with Crippen LogP contribution in [0.2, 0.25) is 0 Å². The van der Waals surface area contributed by atoms with E-state index in [9.17, 15) is 9.59 Å². The minimum absolute atomic E-state index is 0.133. The van der Waals surface area contributed by atoms with Crippen LogP contribution in [0.3, 0.4) is 0 Å². The van der Waals surface area contributed by atoms with Crippen LogP contribution >= 0.6 is 0 Å². The van der Waals surface area contributed by atoms with Gasteiger partial charge in [-0.3, -0.25) is 0 Å². The van der Waals surface area contributed by atoms with Crippen molar-refractivity contribution in [2.24, 2.45) is 17.0 Å². The Hall–Kier alpha value is -3.57. The third-order valence-electron chi connectivity index (χ3n) is 4.93. The summed E-state index contributed by atoms with van der Waals surface area (Å²) in [5.41, 5.74) is 9.45. The van der Waals surface area contributed by atoms with Gasteiger partial charge in [0.05, 0.1) is 11.1 Å². The molecule has 3 rings (SSSR count). The third-order valence-corrected chi connectivity index (χ3v) is 4.93. The molecule has 7 nitrogen and oxygen atoms in total. The maximum Gasteiger partial charge on any atom is 0.338 e. The number of esters is 2. The van der Waals surface area contributed by atoms with Gasteiger partial charge >= 0.3 is 11.9 Å². The van der Waals surface area contributed by atoms with Crippen molar-refractivity contribution in [3.63, 3.8) is 0 Å². The molecule has 29 heavy (non-hydrogen) atoms. The van der Waals surface area contributed by atoms with Gasteiger partial charge in [-0.15, -0.1) is 0 Å². The maximum absolute atomic E-state index is 12.6. The summed E-state index contributed by atoms with van der Waals surface area (Å²) < 4.78 is 11.4. The van der Waals surface area contributed by atoms with Gasteiger partial charge in [0.25, 0.3) is 0 Å². The molecule has 0 heterocycles. The first kappa shape index (κ1) is 20.2. The van der Waals surface area contributed by atoms with Gasteiger partial charge in [0.1, 0.15) is 6.10 Å². The number of carbonyl (C=O) groups excluding carboxylic acids is 2. The molecular weight excluding hydrogens is 370 g/mol. The predicted octanol–water partition coefficient (Wildman–Crippen LogP) is 4.57. The van der Waals surface area contributed by atoms with Crippen LogP contribution in [-0.4, -0.2) is 30.7 Å². The van der Waals surface area contributed by atoms with E-state index in [0.29, 0.717) is 11.1 Å². The summed E-state index contributed by atoms with van der Waals surface area (Å²) in [7, 11) is 0. The largest absolute Gasteiger partial charge is 0.454 e. The van der Waals surface area contributed by atoms with Crippen LogP contribution in [0.25, 0.3) is 10.4 Å². The summed E-state index contributed by atoms with van der Waals surface area (Å²) in [6.45, 7) is 2.11. The third kappa shape index (κ3) is 5.03. The molecule has 148 valence electrons. The summed E-state index contributed by atoms with van der Waals surface area (Å²) in [6.07, 6.45) is 2.09. The summed E-state index contributed by atoms with van der Waals surface area (Å²) >= 11 is 0. The van der Waals surface area contributed by atoms with Crippen molar-refractivity contribution in [1.82, 2.24) is 0 Å². The Balaban J connectivity index is 1.82. The van der Waals surface area contributed by atoms with Crippen LogP contribution in [0.15, 0.2) is 77.9 Å².